The van der Waals surface area contributed by atoms with E-state index in [1.165, 1.54) is 4.31 Å². The van der Waals surface area contributed by atoms with Crippen molar-refractivity contribution in [3.05, 3.63) is 101 Å². The van der Waals surface area contributed by atoms with Crippen molar-refractivity contribution < 1.29 is 13.2 Å². The van der Waals surface area contributed by atoms with Crippen LogP contribution >= 0.6 is 0 Å². The maximum atomic E-state index is 13.4. The number of carbonyl (C=O) groups is 1. The van der Waals surface area contributed by atoms with Gasteiger partial charge in [0.05, 0.1) is 18.0 Å². The number of hydrogen-bond acceptors (Lipinski definition) is 3. The topological polar surface area (TPSA) is 66.5 Å². The van der Waals surface area contributed by atoms with Gasteiger partial charge >= 0.3 is 0 Å². The van der Waals surface area contributed by atoms with Gasteiger partial charge in [-0.05, 0) is 62.1 Å². The van der Waals surface area contributed by atoms with Gasteiger partial charge in [0.1, 0.15) is 6.04 Å². The minimum absolute atomic E-state index is 0.372. The van der Waals surface area contributed by atoms with E-state index in [9.17, 15) is 13.2 Å². The molecule has 0 bridgehead atoms. The van der Waals surface area contributed by atoms with Gasteiger partial charge < -0.3 is 5.32 Å². The molecule has 0 radical (unpaired) electrons. The average Bonchev–Trinajstić information content (AvgIpc) is 2.75. The van der Waals surface area contributed by atoms with Crippen LogP contribution in [-0.2, 0) is 14.8 Å². The van der Waals surface area contributed by atoms with Gasteiger partial charge in [0.25, 0.3) is 0 Å². The van der Waals surface area contributed by atoms with Gasteiger partial charge in [-0.2, -0.15) is 0 Å². The van der Waals surface area contributed by atoms with E-state index in [-0.39, 0.29) is 5.91 Å². The maximum absolute atomic E-state index is 13.4. The van der Waals surface area contributed by atoms with Crippen LogP contribution in [-0.4, -0.2) is 26.6 Å². The number of nitrogens with zero attached hydrogens (tertiary/aromatic N) is 1. The number of aryl methyl sites for hydroxylation is 3. The lowest BCUT2D eigenvalue weighted by molar-refractivity contribution is -0.122. The minimum Gasteiger partial charge on any atom is -0.343 e. The molecule has 3 rings (SSSR count). The van der Waals surface area contributed by atoms with Crippen LogP contribution in [0.5, 0.6) is 0 Å². The lowest BCUT2D eigenvalue weighted by atomic mass is 9.97. The molecular weight excluding hydrogens is 420 g/mol. The summed E-state index contributed by atoms with van der Waals surface area (Å²) in [5, 5.41) is 3.07. The number of carbonyl (C=O) groups excluding carboxylic acids is 1. The molecule has 3 aromatic rings. The minimum atomic E-state index is -3.69. The Morgan fingerprint density at radius 1 is 0.844 bits per heavy atom. The highest BCUT2D eigenvalue weighted by molar-refractivity contribution is 7.92. The molecule has 6 heteroatoms. The van der Waals surface area contributed by atoms with Gasteiger partial charge in [0.2, 0.25) is 15.9 Å². The molecular formula is C26H30N2O3S. The largest absolute Gasteiger partial charge is 0.343 e. The van der Waals surface area contributed by atoms with E-state index < -0.39 is 22.1 Å². The van der Waals surface area contributed by atoms with Crippen molar-refractivity contribution in [3.8, 4) is 0 Å². The summed E-state index contributed by atoms with van der Waals surface area (Å²) in [6.45, 7) is 7.51. The smallest absolute Gasteiger partial charge is 0.244 e. The number of hydrogen-bond donors (Lipinski definition) is 1. The van der Waals surface area contributed by atoms with Crippen molar-refractivity contribution in [1.82, 2.24) is 5.32 Å². The van der Waals surface area contributed by atoms with Gasteiger partial charge in [0.15, 0.2) is 0 Å². The van der Waals surface area contributed by atoms with Crippen molar-refractivity contribution in [2.75, 3.05) is 10.6 Å². The molecule has 0 spiro atoms. The summed E-state index contributed by atoms with van der Waals surface area (Å²) in [4.78, 5) is 13.4. The lowest BCUT2D eigenvalue weighted by Crippen LogP contribution is -2.48. The summed E-state index contributed by atoms with van der Waals surface area (Å²) < 4.78 is 26.6. The first kappa shape index (κ1) is 23.5. The molecule has 0 aromatic heterocycles. The molecule has 3 aromatic carbocycles. The zero-order valence-electron chi connectivity index (χ0n) is 19.2. The van der Waals surface area contributed by atoms with Crippen LogP contribution < -0.4 is 9.62 Å². The van der Waals surface area contributed by atoms with Crippen LogP contribution in [0.4, 0.5) is 5.69 Å². The summed E-state index contributed by atoms with van der Waals surface area (Å²) in [5.41, 5.74) is 5.48. The van der Waals surface area contributed by atoms with Crippen LogP contribution in [0.3, 0.4) is 0 Å². The van der Waals surface area contributed by atoms with Crippen LogP contribution in [0, 0.1) is 20.8 Å². The van der Waals surface area contributed by atoms with Crippen LogP contribution in [0.1, 0.15) is 40.8 Å². The summed E-state index contributed by atoms with van der Waals surface area (Å²) >= 11 is 0. The molecule has 0 heterocycles. The van der Waals surface area contributed by atoms with Crippen molar-refractivity contribution in [1.29, 1.82) is 0 Å². The molecule has 1 amide bonds. The Balaban J connectivity index is 1.96. The second kappa shape index (κ2) is 9.57. The normalized spacial score (nSPS) is 13.3. The molecule has 5 nitrogen and oxygen atoms in total. The van der Waals surface area contributed by atoms with Crippen LogP contribution in [0.2, 0.25) is 0 Å². The first-order valence-corrected chi connectivity index (χ1v) is 12.4. The molecule has 0 fully saturated rings. The first-order valence-electron chi connectivity index (χ1n) is 10.6. The fraction of sp³-hybridized carbons (Fsp3) is 0.269. The van der Waals surface area contributed by atoms with E-state index in [0.717, 1.165) is 34.1 Å². The Morgan fingerprint density at radius 2 is 1.44 bits per heavy atom. The predicted molar refractivity (Wildman–Crippen MR) is 130 cm³/mol. The summed E-state index contributed by atoms with van der Waals surface area (Å²) in [6.07, 6.45) is 1.13. The molecule has 0 saturated carbocycles. The van der Waals surface area contributed by atoms with E-state index in [1.54, 1.807) is 19.1 Å². The van der Waals surface area contributed by atoms with Gasteiger partial charge in [-0.1, -0.05) is 66.2 Å². The molecule has 0 saturated heterocycles. The molecule has 0 aliphatic heterocycles. The van der Waals surface area contributed by atoms with E-state index >= 15 is 0 Å². The maximum Gasteiger partial charge on any atom is 0.244 e. The summed E-state index contributed by atoms with van der Waals surface area (Å²) in [7, 11) is -3.69. The SMILES string of the molecule is Cc1ccc([C@@H](NC(=O)[C@@H](C)N(c2ccc(C)c(C)c2)S(C)(=O)=O)c2ccccc2)cc1. The Kier molecular flexibility index (Phi) is 7.04. The number of nitrogens with one attached hydrogen (secondary N) is 1. The van der Waals surface area contributed by atoms with E-state index in [4.69, 9.17) is 0 Å². The summed E-state index contributed by atoms with van der Waals surface area (Å²) in [6, 6.07) is 21.7. The zero-order chi connectivity index (χ0) is 23.5. The van der Waals surface area contributed by atoms with E-state index in [1.807, 2.05) is 81.4 Å². The Hall–Kier alpha value is -3.12. The standard InChI is InChI=1S/C26H30N2O3S/c1-18-11-14-23(15-12-18)25(22-9-7-6-8-10-22)27-26(29)21(4)28(32(5,30)31)24-16-13-19(2)20(3)17-24/h6-17,21,25H,1-5H3,(H,27,29)/t21-,25+/m1/s1. The van der Waals surface area contributed by atoms with E-state index in [2.05, 4.69) is 5.32 Å². The monoisotopic (exact) mass is 450 g/mol. The predicted octanol–water partition coefficient (Wildman–Crippen LogP) is 4.67. The fourth-order valence-corrected chi connectivity index (χ4v) is 4.86. The van der Waals surface area contributed by atoms with Crippen molar-refractivity contribution in [2.24, 2.45) is 0 Å². The molecule has 0 aliphatic carbocycles. The number of benzene rings is 3. The number of amides is 1. The third-order valence-corrected chi connectivity index (χ3v) is 6.91. The lowest BCUT2D eigenvalue weighted by Gasteiger charge is -2.30. The highest BCUT2D eigenvalue weighted by atomic mass is 32.2. The molecule has 0 aliphatic rings. The van der Waals surface area contributed by atoms with Crippen LogP contribution in [0.15, 0.2) is 72.8 Å². The second-order valence-electron chi connectivity index (χ2n) is 8.27. The highest BCUT2D eigenvalue weighted by Crippen LogP contribution is 2.26. The molecule has 2 atom stereocenters. The van der Waals surface area contributed by atoms with Gasteiger partial charge in [-0.25, -0.2) is 8.42 Å². The van der Waals surface area contributed by atoms with Gasteiger partial charge in [-0.3, -0.25) is 9.10 Å². The van der Waals surface area contributed by atoms with Crippen molar-refractivity contribution >= 4 is 21.6 Å². The van der Waals surface area contributed by atoms with E-state index in [0.29, 0.717) is 5.69 Å². The quantitative estimate of drug-likeness (QED) is 0.569. The molecule has 0 unspecified atom stereocenters. The Bertz CT molecular complexity index is 1190. The van der Waals surface area contributed by atoms with Gasteiger partial charge in [0, 0.05) is 0 Å². The number of rotatable bonds is 7. The van der Waals surface area contributed by atoms with Crippen molar-refractivity contribution in [2.45, 2.75) is 39.8 Å². The van der Waals surface area contributed by atoms with Gasteiger partial charge in [-0.15, -0.1) is 0 Å². The zero-order valence-corrected chi connectivity index (χ0v) is 20.0. The average molecular weight is 451 g/mol. The molecule has 32 heavy (non-hydrogen) atoms. The highest BCUT2D eigenvalue weighted by Gasteiger charge is 2.31. The molecule has 1 N–H and O–H groups in total. The summed E-state index contributed by atoms with van der Waals surface area (Å²) in [5.74, 6) is -0.372. The third-order valence-electron chi connectivity index (χ3n) is 5.66. The Morgan fingerprint density at radius 3 is 2.00 bits per heavy atom. The fourth-order valence-electron chi connectivity index (χ4n) is 3.70. The second-order valence-corrected chi connectivity index (χ2v) is 10.1. The number of anilines is 1. The van der Waals surface area contributed by atoms with Crippen molar-refractivity contribution in [3.63, 3.8) is 0 Å². The first-order chi connectivity index (χ1) is 15.1. The molecule has 168 valence electrons. The van der Waals surface area contributed by atoms with Crippen LogP contribution in [0.25, 0.3) is 0 Å². The number of sulfonamides is 1. The Labute approximate surface area is 191 Å². The third kappa shape index (κ3) is 5.37.